The number of hydrogen-bond acceptors (Lipinski definition) is 4. The summed E-state index contributed by atoms with van der Waals surface area (Å²) in [6, 6.07) is 8.54. The molecule has 1 aromatic heterocycles. The molecule has 0 aliphatic rings. The van der Waals surface area contributed by atoms with Gasteiger partial charge < -0.3 is 5.73 Å². The number of aryl methyl sites for hydroxylation is 1. The van der Waals surface area contributed by atoms with Crippen molar-refractivity contribution in [3.63, 3.8) is 0 Å². The van der Waals surface area contributed by atoms with Gasteiger partial charge in [0, 0.05) is 20.3 Å². The molecule has 2 rings (SSSR count). The van der Waals surface area contributed by atoms with Gasteiger partial charge in [-0.25, -0.2) is 13.1 Å². The monoisotopic (exact) mass is 433 g/mol. The van der Waals surface area contributed by atoms with Gasteiger partial charge >= 0.3 is 0 Å². The summed E-state index contributed by atoms with van der Waals surface area (Å²) in [5, 5.41) is 0. The molecular weight excluding hydrogens is 422 g/mol. The summed E-state index contributed by atoms with van der Waals surface area (Å²) < 4.78 is 28.1. The summed E-state index contributed by atoms with van der Waals surface area (Å²) in [5.74, 6) is 0. The van der Waals surface area contributed by atoms with Gasteiger partial charge in [-0.3, -0.25) is 4.98 Å². The molecule has 8 heteroatoms. The van der Waals surface area contributed by atoms with Crippen molar-refractivity contribution < 1.29 is 8.42 Å². The highest BCUT2D eigenvalue weighted by Gasteiger charge is 2.21. The molecule has 0 saturated heterocycles. The molecule has 0 unspecified atom stereocenters. The molecule has 0 aliphatic heterocycles. The Morgan fingerprint density at radius 3 is 2.43 bits per heavy atom. The largest absolute Gasteiger partial charge is 0.399 e. The molecule has 0 saturated carbocycles. The van der Waals surface area contributed by atoms with Crippen LogP contribution in [0, 0.1) is 6.92 Å². The first kappa shape index (κ1) is 16.4. The van der Waals surface area contributed by atoms with E-state index in [1.54, 1.807) is 18.2 Å². The second-order valence-electron chi connectivity index (χ2n) is 4.41. The van der Waals surface area contributed by atoms with Crippen LogP contribution in [0.1, 0.15) is 11.4 Å². The summed E-state index contributed by atoms with van der Waals surface area (Å²) in [5.41, 5.74) is 7.62. The van der Waals surface area contributed by atoms with E-state index < -0.39 is 10.0 Å². The fraction of sp³-hybridized carbons (Fsp3) is 0.154. The SMILES string of the molecule is Cc1cccc(CNS(=O)(=O)c2c(Br)cc(N)cc2Br)n1. The standard InChI is InChI=1S/C13H13Br2N3O2S/c1-8-3-2-4-10(18-8)7-17-21(19,20)13-11(14)5-9(16)6-12(13)15/h2-6,17H,7,16H2,1H3. The van der Waals surface area contributed by atoms with Crippen LogP contribution < -0.4 is 10.5 Å². The lowest BCUT2D eigenvalue weighted by molar-refractivity contribution is 0.579. The number of anilines is 1. The molecule has 2 aromatic rings. The molecule has 0 bridgehead atoms. The number of nitrogens with two attached hydrogens (primary N) is 1. The summed E-state index contributed by atoms with van der Waals surface area (Å²) in [7, 11) is -3.69. The highest BCUT2D eigenvalue weighted by atomic mass is 79.9. The maximum Gasteiger partial charge on any atom is 0.243 e. The molecule has 1 aromatic carbocycles. The predicted molar refractivity (Wildman–Crippen MR) is 89.3 cm³/mol. The van der Waals surface area contributed by atoms with Gasteiger partial charge in [0.05, 0.1) is 12.2 Å². The van der Waals surface area contributed by atoms with Crippen LogP contribution in [0.2, 0.25) is 0 Å². The molecule has 3 N–H and O–H groups in total. The third kappa shape index (κ3) is 4.03. The third-order valence-corrected chi connectivity index (χ3v) is 5.96. The maximum absolute atomic E-state index is 12.4. The second kappa shape index (κ2) is 6.43. The van der Waals surface area contributed by atoms with E-state index in [9.17, 15) is 8.42 Å². The van der Waals surface area contributed by atoms with Gasteiger partial charge in [0.15, 0.2) is 0 Å². The van der Waals surface area contributed by atoms with Crippen molar-refractivity contribution >= 4 is 47.6 Å². The van der Waals surface area contributed by atoms with Gasteiger partial charge in [0.1, 0.15) is 4.90 Å². The smallest absolute Gasteiger partial charge is 0.243 e. The predicted octanol–water partition coefficient (Wildman–Crippen LogP) is 2.98. The van der Waals surface area contributed by atoms with Crippen LogP contribution in [-0.4, -0.2) is 13.4 Å². The Labute approximate surface area is 140 Å². The van der Waals surface area contributed by atoms with Crippen molar-refractivity contribution in [2.75, 3.05) is 5.73 Å². The van der Waals surface area contributed by atoms with Gasteiger partial charge in [-0.1, -0.05) is 6.07 Å². The van der Waals surface area contributed by atoms with Crippen LogP contribution in [0.5, 0.6) is 0 Å². The fourth-order valence-corrected chi connectivity index (χ4v) is 5.39. The molecule has 0 spiro atoms. The minimum atomic E-state index is -3.69. The van der Waals surface area contributed by atoms with Crippen molar-refractivity contribution in [2.24, 2.45) is 0 Å². The molecule has 0 radical (unpaired) electrons. The fourth-order valence-electron chi connectivity index (χ4n) is 1.78. The molecule has 0 fully saturated rings. The Kier molecular flexibility index (Phi) is 5.03. The highest BCUT2D eigenvalue weighted by Crippen LogP contribution is 2.32. The zero-order valence-corrected chi connectivity index (χ0v) is 15.1. The van der Waals surface area contributed by atoms with E-state index in [4.69, 9.17) is 5.73 Å². The van der Waals surface area contributed by atoms with Gasteiger partial charge in [-0.05, 0) is 63.0 Å². The minimum Gasteiger partial charge on any atom is -0.399 e. The normalized spacial score (nSPS) is 11.6. The van der Waals surface area contributed by atoms with Gasteiger partial charge in [-0.2, -0.15) is 0 Å². The number of benzene rings is 1. The molecule has 112 valence electrons. The quantitative estimate of drug-likeness (QED) is 0.724. The van der Waals surface area contributed by atoms with Crippen LogP contribution in [-0.2, 0) is 16.6 Å². The highest BCUT2D eigenvalue weighted by molar-refractivity contribution is 9.11. The summed E-state index contributed by atoms with van der Waals surface area (Å²) >= 11 is 6.45. The van der Waals surface area contributed by atoms with E-state index in [2.05, 4.69) is 41.6 Å². The van der Waals surface area contributed by atoms with Crippen LogP contribution >= 0.6 is 31.9 Å². The van der Waals surface area contributed by atoms with E-state index in [0.29, 0.717) is 20.3 Å². The van der Waals surface area contributed by atoms with Crippen molar-refractivity contribution in [1.82, 2.24) is 9.71 Å². The van der Waals surface area contributed by atoms with Crippen molar-refractivity contribution in [2.45, 2.75) is 18.4 Å². The first-order valence-electron chi connectivity index (χ1n) is 5.96. The minimum absolute atomic E-state index is 0.115. The lowest BCUT2D eigenvalue weighted by Gasteiger charge is -2.11. The first-order chi connectivity index (χ1) is 9.79. The molecular formula is C13H13Br2N3O2S. The number of pyridine rings is 1. The maximum atomic E-state index is 12.4. The number of nitrogen functional groups attached to an aromatic ring is 1. The number of sulfonamides is 1. The number of nitrogens with zero attached hydrogens (tertiary/aromatic N) is 1. The molecule has 21 heavy (non-hydrogen) atoms. The third-order valence-electron chi connectivity index (χ3n) is 2.68. The number of nitrogens with one attached hydrogen (secondary N) is 1. The number of aromatic nitrogens is 1. The van der Waals surface area contributed by atoms with Crippen LogP contribution in [0.3, 0.4) is 0 Å². The van der Waals surface area contributed by atoms with Crippen LogP contribution in [0.4, 0.5) is 5.69 Å². The summed E-state index contributed by atoms with van der Waals surface area (Å²) in [6.45, 7) is 1.97. The molecule has 5 nitrogen and oxygen atoms in total. The summed E-state index contributed by atoms with van der Waals surface area (Å²) in [6.07, 6.45) is 0. The zero-order valence-electron chi connectivity index (χ0n) is 11.1. The van der Waals surface area contributed by atoms with Gasteiger partial charge in [0.2, 0.25) is 10.0 Å². The van der Waals surface area contributed by atoms with E-state index >= 15 is 0 Å². The lowest BCUT2D eigenvalue weighted by Crippen LogP contribution is -2.24. The topological polar surface area (TPSA) is 85.1 Å². The molecule has 0 atom stereocenters. The van der Waals surface area contributed by atoms with Crippen LogP contribution in [0.15, 0.2) is 44.2 Å². The van der Waals surface area contributed by atoms with Crippen LogP contribution in [0.25, 0.3) is 0 Å². The van der Waals surface area contributed by atoms with Gasteiger partial charge in [-0.15, -0.1) is 0 Å². The average molecular weight is 435 g/mol. The number of hydrogen-bond donors (Lipinski definition) is 2. The van der Waals surface area contributed by atoms with Crippen molar-refractivity contribution in [1.29, 1.82) is 0 Å². The second-order valence-corrected chi connectivity index (χ2v) is 7.82. The average Bonchev–Trinajstić information content (AvgIpc) is 2.35. The van der Waals surface area contributed by atoms with E-state index in [-0.39, 0.29) is 11.4 Å². The number of halogens is 2. The van der Waals surface area contributed by atoms with Crippen molar-refractivity contribution in [3.8, 4) is 0 Å². The number of rotatable bonds is 4. The Hall–Kier alpha value is -0.960. The van der Waals surface area contributed by atoms with Crippen molar-refractivity contribution in [3.05, 3.63) is 50.7 Å². The Bertz CT molecular complexity index is 756. The Balaban J connectivity index is 2.27. The molecule has 0 amide bonds. The van der Waals surface area contributed by atoms with E-state index in [1.165, 1.54) is 0 Å². The van der Waals surface area contributed by atoms with E-state index in [0.717, 1.165) is 5.69 Å². The Morgan fingerprint density at radius 2 is 1.86 bits per heavy atom. The summed E-state index contributed by atoms with van der Waals surface area (Å²) in [4.78, 5) is 4.37. The first-order valence-corrected chi connectivity index (χ1v) is 9.03. The zero-order chi connectivity index (χ0) is 15.6. The molecule has 1 heterocycles. The lowest BCUT2D eigenvalue weighted by atomic mass is 10.3. The Morgan fingerprint density at radius 1 is 1.24 bits per heavy atom. The van der Waals surface area contributed by atoms with Gasteiger partial charge in [0.25, 0.3) is 0 Å². The van der Waals surface area contributed by atoms with E-state index in [1.807, 2.05) is 19.1 Å². The molecule has 0 aliphatic carbocycles.